The van der Waals surface area contributed by atoms with Gasteiger partial charge in [0.05, 0.1) is 6.10 Å². The summed E-state index contributed by atoms with van der Waals surface area (Å²) in [5.74, 6) is 0.625. The van der Waals surface area contributed by atoms with Gasteiger partial charge >= 0.3 is 0 Å². The van der Waals surface area contributed by atoms with Crippen molar-refractivity contribution in [2.75, 3.05) is 0 Å². The fraction of sp³-hybridized carbons (Fsp3) is 0.923. The molecule has 3 N–H and O–H groups in total. The first-order valence-corrected chi connectivity index (χ1v) is 6.96. The van der Waals surface area contributed by atoms with E-state index in [-0.39, 0.29) is 11.3 Å². The first-order valence-electron chi connectivity index (χ1n) is 6.56. The number of ether oxygens (including phenoxy) is 1. The van der Waals surface area contributed by atoms with E-state index in [2.05, 4.69) is 26.1 Å². The topological polar surface area (TPSA) is 55.5 Å². The molecule has 1 aliphatic carbocycles. The maximum atomic E-state index is 8.72. The fourth-order valence-corrected chi connectivity index (χ4v) is 2.17. The summed E-state index contributed by atoms with van der Waals surface area (Å²) >= 11 is 4.63. The highest BCUT2D eigenvalue weighted by molar-refractivity contribution is 7.80. The van der Waals surface area contributed by atoms with Crippen LogP contribution < -0.4 is 5.73 Å². The Labute approximate surface area is 111 Å². The molecule has 17 heavy (non-hydrogen) atoms. The Morgan fingerprint density at radius 3 is 2.12 bits per heavy atom. The summed E-state index contributed by atoms with van der Waals surface area (Å²) in [7, 11) is 0. The quantitative estimate of drug-likeness (QED) is 0.767. The molecule has 1 unspecified atom stereocenters. The predicted molar refractivity (Wildman–Crippen MR) is 75.9 cm³/mol. The van der Waals surface area contributed by atoms with Crippen molar-refractivity contribution >= 4 is 17.4 Å². The zero-order chi connectivity index (χ0) is 13.3. The highest BCUT2D eigenvalue weighted by Gasteiger charge is 2.14. The number of hydrogen-bond acceptors (Lipinski definition) is 3. The van der Waals surface area contributed by atoms with Gasteiger partial charge < -0.3 is 15.6 Å². The molecule has 1 aliphatic rings. The van der Waals surface area contributed by atoms with Crippen LogP contribution in [0.2, 0.25) is 0 Å². The summed E-state index contributed by atoms with van der Waals surface area (Å²) in [6, 6.07) is 0. The van der Waals surface area contributed by atoms with Gasteiger partial charge in [-0.3, -0.25) is 0 Å². The summed E-state index contributed by atoms with van der Waals surface area (Å²) in [4.78, 5) is 0. The van der Waals surface area contributed by atoms with Crippen LogP contribution in [0.25, 0.3) is 0 Å². The van der Waals surface area contributed by atoms with Crippen LogP contribution in [0.3, 0.4) is 0 Å². The Balaban J connectivity index is 0.000000325. The van der Waals surface area contributed by atoms with Gasteiger partial charge in [0.2, 0.25) is 0 Å². The van der Waals surface area contributed by atoms with Crippen molar-refractivity contribution < 1.29 is 9.84 Å². The third kappa shape index (κ3) is 11.9. The number of thiocarbonyl (C=S) groups is 1. The summed E-state index contributed by atoms with van der Waals surface area (Å²) in [6.07, 6.45) is 7.19. The van der Waals surface area contributed by atoms with Crippen molar-refractivity contribution in [1.29, 1.82) is 0 Å². The minimum atomic E-state index is -0.125. The molecule has 0 spiro atoms. The standard InChI is InChI=1S/C7H13NOS.C6H14O/c8-7(10)9-6-4-2-1-3-5-6;1-5(2)4-6(3)7/h6H,1-5H2,(H2,8,10);5-7H,4H2,1-3H3. The van der Waals surface area contributed by atoms with Gasteiger partial charge in [-0.25, -0.2) is 0 Å². The van der Waals surface area contributed by atoms with Crippen molar-refractivity contribution in [3.05, 3.63) is 0 Å². The van der Waals surface area contributed by atoms with E-state index in [1.54, 1.807) is 0 Å². The SMILES string of the molecule is CC(C)CC(C)O.NC(=S)OC1CCCCC1. The van der Waals surface area contributed by atoms with Gasteiger partial charge in [-0.05, 0) is 57.2 Å². The molecule has 0 bridgehead atoms. The lowest BCUT2D eigenvalue weighted by Gasteiger charge is -2.21. The lowest BCUT2D eigenvalue weighted by Crippen LogP contribution is -2.24. The zero-order valence-electron chi connectivity index (χ0n) is 11.3. The van der Waals surface area contributed by atoms with Gasteiger partial charge in [0, 0.05) is 0 Å². The van der Waals surface area contributed by atoms with Crippen molar-refractivity contribution in [1.82, 2.24) is 0 Å². The second-order valence-electron chi connectivity index (χ2n) is 5.18. The molecule has 0 aromatic rings. The van der Waals surface area contributed by atoms with E-state index in [1.165, 1.54) is 19.3 Å². The molecule has 4 heteroatoms. The van der Waals surface area contributed by atoms with E-state index in [1.807, 2.05) is 6.92 Å². The van der Waals surface area contributed by atoms with Gasteiger partial charge in [0.1, 0.15) is 6.10 Å². The van der Waals surface area contributed by atoms with Crippen LogP contribution in [-0.2, 0) is 4.74 Å². The molecule has 1 rings (SSSR count). The largest absolute Gasteiger partial charge is 0.468 e. The van der Waals surface area contributed by atoms with E-state index in [0.29, 0.717) is 12.0 Å². The van der Waals surface area contributed by atoms with Crippen molar-refractivity contribution in [3.8, 4) is 0 Å². The molecule has 0 aromatic heterocycles. The number of aliphatic hydroxyl groups excluding tert-OH is 1. The van der Waals surface area contributed by atoms with Crippen molar-refractivity contribution in [2.24, 2.45) is 11.7 Å². The maximum absolute atomic E-state index is 8.72. The molecule has 1 atom stereocenters. The minimum absolute atomic E-state index is 0.125. The van der Waals surface area contributed by atoms with Gasteiger partial charge in [-0.2, -0.15) is 0 Å². The number of hydrogen-bond donors (Lipinski definition) is 2. The molecular weight excluding hydrogens is 234 g/mol. The molecule has 1 saturated carbocycles. The fourth-order valence-electron chi connectivity index (χ4n) is 2.03. The van der Waals surface area contributed by atoms with Crippen LogP contribution in [0.5, 0.6) is 0 Å². The van der Waals surface area contributed by atoms with Crippen LogP contribution in [0.1, 0.15) is 59.3 Å². The Bertz CT molecular complexity index is 196. The highest BCUT2D eigenvalue weighted by atomic mass is 32.1. The van der Waals surface area contributed by atoms with E-state index >= 15 is 0 Å². The van der Waals surface area contributed by atoms with Crippen LogP contribution >= 0.6 is 12.2 Å². The minimum Gasteiger partial charge on any atom is -0.468 e. The zero-order valence-corrected chi connectivity index (χ0v) is 12.1. The van der Waals surface area contributed by atoms with Crippen LogP contribution in [0.15, 0.2) is 0 Å². The normalized spacial score (nSPS) is 18.2. The first kappa shape index (κ1) is 16.6. The molecule has 0 radical (unpaired) electrons. The lowest BCUT2D eigenvalue weighted by molar-refractivity contribution is 0.145. The molecule has 0 aromatic carbocycles. The molecule has 0 aliphatic heterocycles. The second-order valence-corrected chi connectivity index (χ2v) is 5.58. The average Bonchev–Trinajstić information content (AvgIpc) is 2.16. The predicted octanol–water partition coefficient (Wildman–Crippen LogP) is 2.99. The van der Waals surface area contributed by atoms with Crippen LogP contribution in [0.4, 0.5) is 0 Å². The van der Waals surface area contributed by atoms with E-state index in [0.717, 1.165) is 19.3 Å². The highest BCUT2D eigenvalue weighted by Crippen LogP contribution is 2.19. The van der Waals surface area contributed by atoms with Gasteiger partial charge in [-0.1, -0.05) is 20.3 Å². The van der Waals surface area contributed by atoms with E-state index in [9.17, 15) is 0 Å². The van der Waals surface area contributed by atoms with Crippen molar-refractivity contribution in [3.63, 3.8) is 0 Å². The lowest BCUT2D eigenvalue weighted by atomic mass is 9.98. The monoisotopic (exact) mass is 261 g/mol. The van der Waals surface area contributed by atoms with E-state index < -0.39 is 0 Å². The number of aliphatic hydroxyl groups is 1. The number of rotatable bonds is 3. The first-order chi connectivity index (χ1) is 7.91. The summed E-state index contributed by atoms with van der Waals surface area (Å²) in [5, 5.41) is 8.92. The Morgan fingerprint density at radius 2 is 1.82 bits per heavy atom. The van der Waals surface area contributed by atoms with Crippen molar-refractivity contribution in [2.45, 2.75) is 71.5 Å². The van der Waals surface area contributed by atoms with Gasteiger partial charge in [-0.15, -0.1) is 0 Å². The molecule has 0 saturated heterocycles. The van der Waals surface area contributed by atoms with Crippen LogP contribution in [-0.4, -0.2) is 22.5 Å². The Hall–Kier alpha value is -0.350. The van der Waals surface area contributed by atoms with E-state index in [4.69, 9.17) is 15.6 Å². The summed E-state index contributed by atoms with van der Waals surface area (Å²) in [6.45, 7) is 6.03. The molecule has 0 amide bonds. The Kier molecular flexibility index (Phi) is 9.46. The summed E-state index contributed by atoms with van der Waals surface area (Å²) < 4.78 is 5.20. The molecule has 1 fully saturated rings. The summed E-state index contributed by atoms with van der Waals surface area (Å²) in [5.41, 5.74) is 5.23. The molecular formula is C13H27NO2S. The molecule has 3 nitrogen and oxygen atoms in total. The maximum Gasteiger partial charge on any atom is 0.254 e. The van der Waals surface area contributed by atoms with Gasteiger partial charge in [0.25, 0.3) is 5.17 Å². The van der Waals surface area contributed by atoms with Crippen LogP contribution in [0, 0.1) is 5.92 Å². The second kappa shape index (κ2) is 9.66. The third-order valence-corrected chi connectivity index (χ3v) is 2.74. The number of nitrogens with two attached hydrogens (primary N) is 1. The third-order valence-electron chi connectivity index (χ3n) is 2.65. The molecule has 102 valence electrons. The average molecular weight is 261 g/mol. The van der Waals surface area contributed by atoms with Gasteiger partial charge in [0.15, 0.2) is 0 Å². The Morgan fingerprint density at radius 1 is 1.29 bits per heavy atom. The molecule has 0 heterocycles. The smallest absolute Gasteiger partial charge is 0.254 e.